The average Bonchev–Trinajstić information content (AvgIpc) is 2.47. The van der Waals surface area contributed by atoms with E-state index < -0.39 is 25.0 Å². The second kappa shape index (κ2) is 4.03. The lowest BCUT2D eigenvalue weighted by Gasteiger charge is -2.00. The quantitative estimate of drug-likeness (QED) is 0.813. The largest absolute Gasteiger partial charge is 0.452 e. The van der Waals surface area contributed by atoms with Crippen molar-refractivity contribution < 1.29 is 22.0 Å². The molecule has 3 nitrogen and oxygen atoms in total. The van der Waals surface area contributed by atoms with Gasteiger partial charge in [0.05, 0.1) is 6.54 Å². The van der Waals surface area contributed by atoms with E-state index in [1.54, 1.807) is 0 Å². The van der Waals surface area contributed by atoms with Crippen LogP contribution in [0.1, 0.15) is 5.82 Å². The van der Waals surface area contributed by atoms with Crippen molar-refractivity contribution in [1.82, 2.24) is 9.36 Å². The molecular weight excluding hydrogens is 229 g/mol. The van der Waals surface area contributed by atoms with Crippen molar-refractivity contribution in [2.24, 2.45) is 0 Å². The first-order valence-corrected chi connectivity index (χ1v) is 4.10. The van der Waals surface area contributed by atoms with Gasteiger partial charge in [-0.1, -0.05) is 0 Å². The van der Waals surface area contributed by atoms with Gasteiger partial charge in [-0.05, 0) is 0 Å². The summed E-state index contributed by atoms with van der Waals surface area (Å²) in [5.41, 5.74) is 0. The van der Waals surface area contributed by atoms with Crippen molar-refractivity contribution in [2.75, 3.05) is 11.9 Å². The predicted octanol–water partition coefficient (Wildman–Crippen LogP) is 2.23. The number of nitrogens with zero attached hydrogens (tertiary/aromatic N) is 2. The van der Waals surface area contributed by atoms with Crippen LogP contribution < -0.4 is 5.32 Å². The molecule has 0 aromatic carbocycles. The SMILES string of the molecule is FC(F)CNc1nc(C(F)(F)F)ns1. The summed E-state index contributed by atoms with van der Waals surface area (Å²) in [5.74, 6) is -1.32. The molecule has 0 unspecified atom stereocenters. The van der Waals surface area contributed by atoms with Crippen LogP contribution in [0.3, 0.4) is 0 Å². The van der Waals surface area contributed by atoms with Crippen molar-refractivity contribution in [2.45, 2.75) is 12.6 Å². The zero-order valence-electron chi connectivity index (χ0n) is 6.48. The minimum atomic E-state index is -4.64. The van der Waals surface area contributed by atoms with E-state index in [0.29, 0.717) is 11.5 Å². The molecule has 0 radical (unpaired) electrons. The van der Waals surface area contributed by atoms with Gasteiger partial charge in [0.1, 0.15) is 0 Å². The number of aromatic nitrogens is 2. The molecule has 1 heterocycles. The molecule has 0 bridgehead atoms. The zero-order valence-corrected chi connectivity index (χ0v) is 7.29. The van der Waals surface area contributed by atoms with Crippen molar-refractivity contribution >= 4 is 16.7 Å². The Morgan fingerprint density at radius 1 is 1.36 bits per heavy atom. The van der Waals surface area contributed by atoms with E-state index in [2.05, 4.69) is 9.36 Å². The number of hydrogen-bond acceptors (Lipinski definition) is 4. The Morgan fingerprint density at radius 2 is 2.00 bits per heavy atom. The summed E-state index contributed by atoms with van der Waals surface area (Å²) in [6.07, 6.45) is -7.28. The molecule has 0 saturated carbocycles. The Bertz CT molecular complexity index is 296. The second-order valence-corrected chi connectivity index (χ2v) is 2.94. The van der Waals surface area contributed by atoms with Crippen molar-refractivity contribution in [1.29, 1.82) is 0 Å². The monoisotopic (exact) mass is 233 g/mol. The normalized spacial score (nSPS) is 12.1. The van der Waals surface area contributed by atoms with E-state index in [-0.39, 0.29) is 5.13 Å². The van der Waals surface area contributed by atoms with Gasteiger partial charge in [0.2, 0.25) is 11.0 Å². The number of nitrogens with one attached hydrogen (secondary N) is 1. The number of rotatable bonds is 3. The summed E-state index contributed by atoms with van der Waals surface area (Å²) in [7, 11) is 0. The third kappa shape index (κ3) is 3.05. The highest BCUT2D eigenvalue weighted by Crippen LogP contribution is 2.28. The van der Waals surface area contributed by atoms with E-state index >= 15 is 0 Å². The lowest BCUT2D eigenvalue weighted by atomic mass is 10.6. The number of alkyl halides is 5. The van der Waals surface area contributed by atoms with Crippen LogP contribution in [0.15, 0.2) is 0 Å². The molecule has 0 aliphatic carbocycles. The maximum Gasteiger partial charge on any atom is 0.452 e. The molecular formula is C5H4F5N3S. The molecule has 1 N–H and O–H groups in total. The van der Waals surface area contributed by atoms with Gasteiger partial charge in [-0.3, -0.25) is 0 Å². The van der Waals surface area contributed by atoms with Gasteiger partial charge in [-0.25, -0.2) is 8.78 Å². The Hall–Kier alpha value is -0.990. The van der Waals surface area contributed by atoms with Crippen LogP contribution >= 0.6 is 11.5 Å². The maximum absolute atomic E-state index is 11.9. The second-order valence-electron chi connectivity index (χ2n) is 2.19. The Labute approximate surface area is 79.1 Å². The minimum absolute atomic E-state index is 0.266. The van der Waals surface area contributed by atoms with Crippen LogP contribution in [0.25, 0.3) is 0 Å². The zero-order chi connectivity index (χ0) is 10.8. The van der Waals surface area contributed by atoms with E-state index in [4.69, 9.17) is 0 Å². The Balaban J connectivity index is 2.60. The molecule has 1 aromatic rings. The van der Waals surface area contributed by atoms with Gasteiger partial charge in [0.25, 0.3) is 6.43 Å². The molecule has 9 heteroatoms. The van der Waals surface area contributed by atoms with Gasteiger partial charge in [0.15, 0.2) is 0 Å². The smallest absolute Gasteiger partial charge is 0.355 e. The molecule has 1 aromatic heterocycles. The summed E-state index contributed by atoms with van der Waals surface area (Å²) < 4.78 is 61.9. The van der Waals surface area contributed by atoms with Crippen LogP contribution in [-0.2, 0) is 6.18 Å². The summed E-state index contributed by atoms with van der Waals surface area (Å²) in [4.78, 5) is 2.99. The van der Waals surface area contributed by atoms with Gasteiger partial charge in [-0.2, -0.15) is 22.5 Å². The van der Waals surface area contributed by atoms with Crippen LogP contribution in [0.5, 0.6) is 0 Å². The fourth-order valence-electron chi connectivity index (χ4n) is 0.575. The summed E-state index contributed by atoms with van der Waals surface area (Å²) in [5, 5.41) is 1.77. The highest BCUT2D eigenvalue weighted by atomic mass is 32.1. The lowest BCUT2D eigenvalue weighted by Crippen LogP contribution is -2.11. The first-order chi connectivity index (χ1) is 6.39. The third-order valence-corrected chi connectivity index (χ3v) is 1.76. The van der Waals surface area contributed by atoms with E-state index in [1.165, 1.54) is 0 Å². The van der Waals surface area contributed by atoms with Crippen molar-refractivity contribution in [3.63, 3.8) is 0 Å². The lowest BCUT2D eigenvalue weighted by molar-refractivity contribution is -0.144. The number of halogens is 5. The molecule has 0 saturated heterocycles. The molecule has 0 fully saturated rings. The maximum atomic E-state index is 11.9. The summed E-state index contributed by atoms with van der Waals surface area (Å²) in [6, 6.07) is 0. The van der Waals surface area contributed by atoms with E-state index in [9.17, 15) is 22.0 Å². The van der Waals surface area contributed by atoms with Crippen LogP contribution in [0.2, 0.25) is 0 Å². The van der Waals surface area contributed by atoms with Crippen molar-refractivity contribution in [3.05, 3.63) is 5.82 Å². The van der Waals surface area contributed by atoms with Crippen LogP contribution in [0, 0.1) is 0 Å². The molecule has 0 amide bonds. The highest BCUT2D eigenvalue weighted by Gasteiger charge is 2.36. The fraction of sp³-hybridized carbons (Fsp3) is 0.600. The van der Waals surface area contributed by atoms with Gasteiger partial charge in [0, 0.05) is 11.5 Å². The molecule has 14 heavy (non-hydrogen) atoms. The molecule has 80 valence electrons. The molecule has 0 aliphatic rings. The standard InChI is InChI=1S/C5H4F5N3S/c6-2(7)1-11-4-12-3(13-14-4)5(8,9)10/h2H,1H2,(H,11,12,13). The summed E-state index contributed by atoms with van der Waals surface area (Å²) >= 11 is 0.393. The molecule has 0 aliphatic heterocycles. The van der Waals surface area contributed by atoms with Crippen LogP contribution in [0.4, 0.5) is 27.1 Å². The van der Waals surface area contributed by atoms with E-state index in [0.717, 1.165) is 0 Å². The highest BCUT2D eigenvalue weighted by molar-refractivity contribution is 7.09. The summed E-state index contributed by atoms with van der Waals surface area (Å²) in [6.45, 7) is -0.744. The molecule has 1 rings (SSSR count). The van der Waals surface area contributed by atoms with Crippen LogP contribution in [-0.4, -0.2) is 22.3 Å². The van der Waals surface area contributed by atoms with E-state index in [1.807, 2.05) is 5.32 Å². The Kier molecular flexibility index (Phi) is 3.19. The third-order valence-electron chi connectivity index (χ3n) is 1.09. The minimum Gasteiger partial charge on any atom is -0.355 e. The van der Waals surface area contributed by atoms with Gasteiger partial charge >= 0.3 is 6.18 Å². The first kappa shape index (κ1) is 11.1. The van der Waals surface area contributed by atoms with Gasteiger partial charge < -0.3 is 5.32 Å². The fourth-order valence-corrected chi connectivity index (χ4v) is 1.17. The van der Waals surface area contributed by atoms with Crippen molar-refractivity contribution in [3.8, 4) is 0 Å². The first-order valence-electron chi connectivity index (χ1n) is 3.32. The molecule has 0 atom stereocenters. The topological polar surface area (TPSA) is 37.8 Å². The molecule has 0 spiro atoms. The Morgan fingerprint density at radius 3 is 2.43 bits per heavy atom. The predicted molar refractivity (Wildman–Crippen MR) is 39.4 cm³/mol. The number of anilines is 1. The number of hydrogen-bond donors (Lipinski definition) is 1. The van der Waals surface area contributed by atoms with Gasteiger partial charge in [-0.15, -0.1) is 0 Å². The average molecular weight is 233 g/mol.